The lowest BCUT2D eigenvalue weighted by atomic mass is 9.94. The van der Waals surface area contributed by atoms with Crippen molar-refractivity contribution in [1.82, 2.24) is 9.88 Å². The van der Waals surface area contributed by atoms with E-state index in [1.165, 1.54) is 6.20 Å². The van der Waals surface area contributed by atoms with Crippen molar-refractivity contribution in [3.63, 3.8) is 0 Å². The molecule has 1 aromatic heterocycles. The summed E-state index contributed by atoms with van der Waals surface area (Å²) >= 11 is 0. The lowest BCUT2D eigenvalue weighted by molar-refractivity contribution is 0.0691. The number of carbonyl (C=O) groups is 1. The number of sulfone groups is 1. The largest absolute Gasteiger partial charge is 0.339 e. The summed E-state index contributed by atoms with van der Waals surface area (Å²) in [6.45, 7) is 0. The van der Waals surface area contributed by atoms with Gasteiger partial charge in [-0.15, -0.1) is 0 Å². The molecule has 0 atom stereocenters. The van der Waals surface area contributed by atoms with Gasteiger partial charge in [0, 0.05) is 19.3 Å². The minimum Gasteiger partial charge on any atom is -0.339 e. The first-order valence-electron chi connectivity index (χ1n) is 8.53. The van der Waals surface area contributed by atoms with Gasteiger partial charge in [-0.1, -0.05) is 19.3 Å². The molecule has 0 aromatic carbocycles. The Hall–Kier alpha value is -1.50. The molecule has 0 saturated heterocycles. The van der Waals surface area contributed by atoms with Crippen LogP contribution in [-0.4, -0.2) is 43.1 Å². The summed E-state index contributed by atoms with van der Waals surface area (Å²) < 4.78 is 39.4. The maximum atomic E-state index is 14.3. The molecule has 132 valence electrons. The van der Waals surface area contributed by atoms with Crippen LogP contribution in [0.25, 0.3) is 0 Å². The molecule has 1 aromatic rings. The van der Waals surface area contributed by atoms with Gasteiger partial charge in [-0.3, -0.25) is 9.78 Å². The molecule has 2 aliphatic rings. The molecule has 5 nitrogen and oxygen atoms in total. The summed E-state index contributed by atoms with van der Waals surface area (Å²) in [5.74, 6) is -1.40. The second kappa shape index (κ2) is 6.78. The smallest absolute Gasteiger partial charge is 0.256 e. The molecule has 2 aliphatic carbocycles. The first kappa shape index (κ1) is 17.3. The molecule has 0 N–H and O–H groups in total. The van der Waals surface area contributed by atoms with Crippen LogP contribution in [0.3, 0.4) is 0 Å². The second-order valence-corrected chi connectivity index (χ2v) is 8.90. The van der Waals surface area contributed by atoms with Gasteiger partial charge < -0.3 is 4.90 Å². The molecule has 0 radical (unpaired) electrons. The predicted molar refractivity (Wildman–Crippen MR) is 87.9 cm³/mol. The highest BCUT2D eigenvalue weighted by Gasteiger charge is 2.35. The van der Waals surface area contributed by atoms with Crippen LogP contribution < -0.4 is 0 Å². The van der Waals surface area contributed by atoms with E-state index in [2.05, 4.69) is 4.98 Å². The van der Waals surface area contributed by atoms with Gasteiger partial charge in [-0.2, -0.15) is 0 Å². The molecule has 0 bridgehead atoms. The van der Waals surface area contributed by atoms with Crippen LogP contribution in [0.15, 0.2) is 17.3 Å². The van der Waals surface area contributed by atoms with E-state index >= 15 is 0 Å². The summed E-state index contributed by atoms with van der Waals surface area (Å²) in [4.78, 5) is 17.6. The average Bonchev–Trinajstić information content (AvgIpc) is 3.37. The number of amides is 1. The standard InChI is InChI=1S/C17H23FN2O3S/c1-20(13-5-3-2-4-6-13)17(21)14-9-19-10-15(18)16(14)24(22,23)11-12-7-8-12/h9-10,12-13H,2-8,11H2,1H3. The summed E-state index contributed by atoms with van der Waals surface area (Å²) in [5, 5.41) is 0. The van der Waals surface area contributed by atoms with Gasteiger partial charge in [0.1, 0.15) is 4.90 Å². The maximum absolute atomic E-state index is 14.3. The van der Waals surface area contributed by atoms with Gasteiger partial charge >= 0.3 is 0 Å². The van der Waals surface area contributed by atoms with E-state index in [9.17, 15) is 17.6 Å². The van der Waals surface area contributed by atoms with Crippen molar-refractivity contribution in [1.29, 1.82) is 0 Å². The van der Waals surface area contributed by atoms with E-state index in [4.69, 9.17) is 0 Å². The van der Waals surface area contributed by atoms with Crippen molar-refractivity contribution < 1.29 is 17.6 Å². The minimum atomic E-state index is -3.83. The van der Waals surface area contributed by atoms with E-state index in [-0.39, 0.29) is 23.3 Å². The van der Waals surface area contributed by atoms with Gasteiger partial charge in [0.2, 0.25) is 0 Å². The third kappa shape index (κ3) is 3.61. The fourth-order valence-corrected chi connectivity index (χ4v) is 5.34. The number of rotatable bonds is 5. The molecule has 24 heavy (non-hydrogen) atoms. The van der Waals surface area contributed by atoms with Crippen LogP contribution >= 0.6 is 0 Å². The van der Waals surface area contributed by atoms with Crippen LogP contribution in [-0.2, 0) is 9.84 Å². The summed E-state index contributed by atoms with van der Waals surface area (Å²) in [6.07, 6.45) is 8.80. The monoisotopic (exact) mass is 354 g/mol. The van der Waals surface area contributed by atoms with E-state index < -0.39 is 26.5 Å². The fourth-order valence-electron chi connectivity index (χ4n) is 3.39. The van der Waals surface area contributed by atoms with Crippen molar-refractivity contribution in [2.75, 3.05) is 12.8 Å². The van der Waals surface area contributed by atoms with E-state index in [1.54, 1.807) is 11.9 Å². The molecular formula is C17H23FN2O3S. The summed E-state index contributed by atoms with van der Waals surface area (Å²) in [7, 11) is -2.16. The maximum Gasteiger partial charge on any atom is 0.256 e. The Labute approximate surface area is 142 Å². The lowest BCUT2D eigenvalue weighted by Gasteiger charge is -2.31. The van der Waals surface area contributed by atoms with Crippen LogP contribution in [0.4, 0.5) is 4.39 Å². The zero-order valence-corrected chi connectivity index (χ0v) is 14.7. The number of nitrogens with zero attached hydrogens (tertiary/aromatic N) is 2. The Morgan fingerprint density at radius 1 is 1.21 bits per heavy atom. The number of pyridine rings is 1. The highest BCUT2D eigenvalue weighted by Crippen LogP contribution is 2.34. The zero-order valence-electron chi connectivity index (χ0n) is 13.9. The summed E-state index contributed by atoms with van der Waals surface area (Å²) in [5.41, 5.74) is -0.135. The molecule has 0 aliphatic heterocycles. The normalized spacial score (nSPS) is 19.2. The van der Waals surface area contributed by atoms with Gasteiger partial charge in [0.25, 0.3) is 5.91 Å². The third-order valence-corrected chi connectivity index (χ3v) is 6.94. The minimum absolute atomic E-state index is 0.0773. The van der Waals surface area contributed by atoms with Crippen LogP contribution in [0.2, 0.25) is 0 Å². The molecule has 2 saturated carbocycles. The summed E-state index contributed by atoms with van der Waals surface area (Å²) in [6, 6.07) is 0.0773. The Balaban J connectivity index is 1.92. The average molecular weight is 354 g/mol. The van der Waals surface area contributed by atoms with Gasteiger partial charge in [-0.25, -0.2) is 12.8 Å². The zero-order chi connectivity index (χ0) is 17.3. The predicted octanol–water partition coefficient (Wildman–Crippen LogP) is 2.81. The molecule has 3 rings (SSSR count). The number of aromatic nitrogens is 1. The quantitative estimate of drug-likeness (QED) is 0.815. The fraction of sp³-hybridized carbons (Fsp3) is 0.647. The molecule has 0 unspecified atom stereocenters. The molecular weight excluding hydrogens is 331 g/mol. The van der Waals surface area contributed by atoms with Crippen molar-refractivity contribution in [3.8, 4) is 0 Å². The molecule has 1 amide bonds. The Morgan fingerprint density at radius 2 is 1.88 bits per heavy atom. The Morgan fingerprint density at radius 3 is 2.50 bits per heavy atom. The van der Waals surface area contributed by atoms with Crippen LogP contribution in [0.1, 0.15) is 55.3 Å². The van der Waals surface area contributed by atoms with E-state index in [0.29, 0.717) is 0 Å². The third-order valence-electron chi connectivity index (χ3n) is 4.99. The molecule has 0 spiro atoms. The van der Waals surface area contributed by atoms with Gasteiger partial charge in [-0.05, 0) is 31.6 Å². The van der Waals surface area contributed by atoms with Crippen LogP contribution in [0, 0.1) is 11.7 Å². The van der Waals surface area contributed by atoms with E-state index in [1.807, 2.05) is 0 Å². The highest BCUT2D eigenvalue weighted by atomic mass is 32.2. The van der Waals surface area contributed by atoms with Crippen molar-refractivity contribution in [3.05, 3.63) is 23.8 Å². The first-order valence-corrected chi connectivity index (χ1v) is 10.2. The van der Waals surface area contributed by atoms with Crippen molar-refractivity contribution >= 4 is 15.7 Å². The topological polar surface area (TPSA) is 67.3 Å². The molecule has 7 heteroatoms. The molecule has 2 fully saturated rings. The first-order chi connectivity index (χ1) is 11.4. The Kier molecular flexibility index (Phi) is 4.90. The number of hydrogen-bond donors (Lipinski definition) is 0. The highest BCUT2D eigenvalue weighted by molar-refractivity contribution is 7.91. The number of halogens is 1. The van der Waals surface area contributed by atoms with Crippen LogP contribution in [0.5, 0.6) is 0 Å². The van der Waals surface area contributed by atoms with E-state index in [0.717, 1.165) is 51.1 Å². The van der Waals surface area contributed by atoms with Gasteiger partial charge in [0.05, 0.1) is 17.5 Å². The number of hydrogen-bond acceptors (Lipinski definition) is 4. The van der Waals surface area contributed by atoms with Gasteiger partial charge in [0.15, 0.2) is 15.7 Å². The second-order valence-electron chi connectivity index (χ2n) is 6.93. The SMILES string of the molecule is CN(C(=O)c1cncc(F)c1S(=O)(=O)CC1CC1)C1CCCCC1. The molecule has 1 heterocycles. The number of carbonyl (C=O) groups excluding carboxylic acids is 1. The lowest BCUT2D eigenvalue weighted by Crippen LogP contribution is -2.39. The Bertz CT molecular complexity index is 725. The van der Waals surface area contributed by atoms with Crippen molar-refractivity contribution in [2.24, 2.45) is 5.92 Å². The van der Waals surface area contributed by atoms with Crippen molar-refractivity contribution in [2.45, 2.75) is 55.9 Å².